The molecule has 1 N–H and O–H groups in total. The van der Waals surface area contributed by atoms with Crippen molar-refractivity contribution in [3.8, 4) is 0 Å². The molecular weight excluding hydrogens is 438 g/mol. The number of para-hydroxylation sites is 2. The van der Waals surface area contributed by atoms with Crippen molar-refractivity contribution in [1.29, 1.82) is 0 Å². The van der Waals surface area contributed by atoms with Crippen LogP contribution < -0.4 is 4.90 Å². The Morgan fingerprint density at radius 3 is 2.61 bits per heavy atom. The molecule has 0 atom stereocenters. The molecule has 2 amide bonds. The smallest absolute Gasteiger partial charge is 0.293 e. The normalized spacial score (nSPS) is 18.1. The molecule has 0 bridgehead atoms. The molecule has 8 nitrogen and oxygen atoms in total. The van der Waals surface area contributed by atoms with Gasteiger partial charge in [0, 0.05) is 19.6 Å². The first-order chi connectivity index (χ1) is 16.0. The summed E-state index contributed by atoms with van der Waals surface area (Å²) in [4.78, 5) is 36.1. The van der Waals surface area contributed by atoms with Gasteiger partial charge in [-0.25, -0.2) is 4.98 Å². The number of aromatic nitrogens is 2. The number of nitrogens with zero attached hydrogens (tertiary/aromatic N) is 5. The number of thioether (sulfide) groups is 1. The van der Waals surface area contributed by atoms with E-state index >= 15 is 0 Å². The van der Waals surface area contributed by atoms with Gasteiger partial charge in [0.25, 0.3) is 11.1 Å². The van der Waals surface area contributed by atoms with Crippen molar-refractivity contribution in [2.75, 3.05) is 37.8 Å². The van der Waals surface area contributed by atoms with E-state index in [-0.39, 0.29) is 17.8 Å². The number of aliphatic hydroxyl groups is 1. The zero-order valence-electron chi connectivity index (χ0n) is 18.3. The number of aliphatic hydroxyl groups excluding tert-OH is 1. The summed E-state index contributed by atoms with van der Waals surface area (Å²) in [6, 6.07) is 15.8. The van der Waals surface area contributed by atoms with Gasteiger partial charge < -0.3 is 10.0 Å². The molecule has 0 saturated carbocycles. The van der Waals surface area contributed by atoms with E-state index in [9.17, 15) is 14.7 Å². The second kappa shape index (κ2) is 9.01. The molecule has 0 spiro atoms. The van der Waals surface area contributed by atoms with Crippen molar-refractivity contribution in [3.05, 3.63) is 64.6 Å². The molecule has 0 aliphatic carbocycles. The van der Waals surface area contributed by atoms with E-state index in [1.807, 2.05) is 60.4 Å². The lowest BCUT2D eigenvalue weighted by molar-refractivity contribution is -0.122. The average molecular weight is 464 g/mol. The van der Waals surface area contributed by atoms with Gasteiger partial charge in [-0.3, -0.25) is 24.0 Å². The molecule has 0 radical (unpaired) electrons. The number of carbonyl (C=O) groups excluding carboxylic acids is 2. The molecule has 0 unspecified atom stereocenters. The van der Waals surface area contributed by atoms with Crippen molar-refractivity contribution in [2.45, 2.75) is 13.6 Å². The molecular formula is C24H25N5O3S. The predicted octanol–water partition coefficient (Wildman–Crippen LogP) is 3.11. The Balaban J connectivity index is 1.30. The van der Waals surface area contributed by atoms with Crippen LogP contribution in [-0.2, 0) is 11.5 Å². The number of carbonyl (C=O) groups is 2. The number of β-amino-alcohol motifs (C(OH)–C–C–N with tert-alkyl or cyclic N) is 1. The Hall–Kier alpha value is -3.14. The van der Waals surface area contributed by atoms with Gasteiger partial charge in [0.15, 0.2) is 0 Å². The number of hydrogen-bond donors (Lipinski definition) is 1. The second-order valence-corrected chi connectivity index (χ2v) is 9.23. The van der Waals surface area contributed by atoms with Gasteiger partial charge in [-0.1, -0.05) is 42.0 Å². The lowest BCUT2D eigenvalue weighted by Gasteiger charge is -2.37. The number of anilines is 1. The van der Waals surface area contributed by atoms with Crippen LogP contribution in [-0.4, -0.2) is 68.5 Å². The van der Waals surface area contributed by atoms with E-state index in [0.29, 0.717) is 37.9 Å². The van der Waals surface area contributed by atoms with Gasteiger partial charge >= 0.3 is 0 Å². The number of aryl methyl sites for hydroxylation is 1. The van der Waals surface area contributed by atoms with E-state index in [0.717, 1.165) is 39.9 Å². The summed E-state index contributed by atoms with van der Waals surface area (Å²) in [5.74, 6) is 0.581. The summed E-state index contributed by atoms with van der Waals surface area (Å²) in [6.45, 7) is 4.50. The number of fused-ring (bicyclic) bond motifs is 3. The number of amides is 2. The zero-order valence-corrected chi connectivity index (χ0v) is 19.2. The van der Waals surface area contributed by atoms with Crippen molar-refractivity contribution in [1.82, 2.24) is 19.4 Å². The number of imidazole rings is 1. The fourth-order valence-corrected chi connectivity index (χ4v) is 5.04. The fourth-order valence-electron chi connectivity index (χ4n) is 4.17. The lowest BCUT2D eigenvalue weighted by atomic mass is 10.1. The molecule has 9 heteroatoms. The molecule has 5 rings (SSSR count). The maximum atomic E-state index is 12.9. The lowest BCUT2D eigenvalue weighted by Crippen LogP contribution is -2.48. The molecule has 2 aromatic carbocycles. The van der Waals surface area contributed by atoms with E-state index in [1.54, 1.807) is 6.08 Å². The van der Waals surface area contributed by atoms with Crippen LogP contribution in [0.4, 0.5) is 10.7 Å². The summed E-state index contributed by atoms with van der Waals surface area (Å²) in [6.07, 6.45) is 1.78. The first-order valence-electron chi connectivity index (χ1n) is 10.9. The van der Waals surface area contributed by atoms with Crippen molar-refractivity contribution in [3.63, 3.8) is 0 Å². The van der Waals surface area contributed by atoms with Crippen LogP contribution >= 0.6 is 11.8 Å². The minimum absolute atomic E-state index is 0.0178. The van der Waals surface area contributed by atoms with E-state index < -0.39 is 0 Å². The third kappa shape index (κ3) is 4.27. The van der Waals surface area contributed by atoms with Crippen molar-refractivity contribution < 1.29 is 14.7 Å². The van der Waals surface area contributed by atoms with Gasteiger partial charge in [0.1, 0.15) is 0 Å². The first-order valence-corrected chi connectivity index (χ1v) is 11.7. The number of rotatable bonds is 6. The van der Waals surface area contributed by atoms with Crippen LogP contribution in [0.3, 0.4) is 0 Å². The Bertz CT molecular complexity index is 1240. The van der Waals surface area contributed by atoms with Crippen LogP contribution in [0.15, 0.2) is 53.4 Å². The molecule has 170 valence electrons. The highest BCUT2D eigenvalue weighted by molar-refractivity contribution is 8.18. The number of benzene rings is 2. The van der Waals surface area contributed by atoms with Crippen LogP contribution in [0.5, 0.6) is 0 Å². The molecule has 33 heavy (non-hydrogen) atoms. The van der Waals surface area contributed by atoms with Crippen LogP contribution in [0.2, 0.25) is 0 Å². The third-order valence-corrected chi connectivity index (χ3v) is 6.80. The molecule has 1 aromatic heterocycles. The van der Waals surface area contributed by atoms with Gasteiger partial charge in [-0.05, 0) is 42.5 Å². The largest absolute Gasteiger partial charge is 0.395 e. The molecule has 1 saturated heterocycles. The topological polar surface area (TPSA) is 81.9 Å². The number of hydrogen-bond acceptors (Lipinski definition) is 7. The summed E-state index contributed by atoms with van der Waals surface area (Å²) in [7, 11) is 0. The van der Waals surface area contributed by atoms with Crippen molar-refractivity contribution in [2.24, 2.45) is 0 Å². The van der Waals surface area contributed by atoms with Crippen LogP contribution in [0.25, 0.3) is 17.1 Å². The van der Waals surface area contributed by atoms with Crippen LogP contribution in [0, 0.1) is 6.92 Å². The molecule has 1 fully saturated rings. The highest BCUT2D eigenvalue weighted by Gasteiger charge is 2.35. The monoisotopic (exact) mass is 463 g/mol. The Kier molecular flexibility index (Phi) is 5.92. The maximum Gasteiger partial charge on any atom is 0.293 e. The summed E-state index contributed by atoms with van der Waals surface area (Å²) in [5, 5.41) is 9.30. The third-order valence-electron chi connectivity index (χ3n) is 5.89. The number of imide groups is 1. The van der Waals surface area contributed by atoms with Gasteiger partial charge in [0.2, 0.25) is 5.95 Å². The standard InChI is InChI=1S/C24H25N5O3S/c1-17-6-8-18(9-7-17)14-21-22(31)28(24(32)33-21)11-10-26-15-27(12-13-30)23-25-19-4-2-3-5-20(19)29(23)16-26/h2-9,14,30H,10-13,15-16H2,1H3/b21-14-. The fraction of sp³-hybridized carbons (Fsp3) is 0.292. The molecule has 2 aliphatic rings. The Morgan fingerprint density at radius 1 is 1.03 bits per heavy atom. The average Bonchev–Trinajstić information content (AvgIpc) is 3.31. The highest BCUT2D eigenvalue weighted by atomic mass is 32.2. The minimum atomic E-state index is -0.247. The zero-order chi connectivity index (χ0) is 22.9. The Labute approximate surface area is 196 Å². The van der Waals surface area contributed by atoms with E-state index in [2.05, 4.69) is 9.47 Å². The second-order valence-electron chi connectivity index (χ2n) is 8.24. The SMILES string of the molecule is Cc1ccc(/C=C2\SC(=O)N(CCN3CN(CCO)c4nc5ccccc5n4C3)C2=O)cc1. The molecule has 3 heterocycles. The Morgan fingerprint density at radius 2 is 1.82 bits per heavy atom. The van der Waals surface area contributed by atoms with E-state index in [1.165, 1.54) is 4.90 Å². The highest BCUT2D eigenvalue weighted by Crippen LogP contribution is 2.32. The summed E-state index contributed by atoms with van der Waals surface area (Å²) >= 11 is 0.989. The van der Waals surface area contributed by atoms with Gasteiger partial charge in [-0.15, -0.1) is 0 Å². The molecule has 2 aliphatic heterocycles. The minimum Gasteiger partial charge on any atom is -0.395 e. The summed E-state index contributed by atoms with van der Waals surface area (Å²) < 4.78 is 2.11. The quantitative estimate of drug-likeness (QED) is 0.563. The van der Waals surface area contributed by atoms with Crippen LogP contribution in [0.1, 0.15) is 11.1 Å². The summed E-state index contributed by atoms with van der Waals surface area (Å²) in [5.41, 5.74) is 3.98. The predicted molar refractivity (Wildman–Crippen MR) is 130 cm³/mol. The van der Waals surface area contributed by atoms with Gasteiger partial charge in [-0.2, -0.15) is 0 Å². The van der Waals surface area contributed by atoms with E-state index in [4.69, 9.17) is 4.98 Å². The first kappa shape index (κ1) is 21.7. The van der Waals surface area contributed by atoms with Crippen molar-refractivity contribution >= 4 is 46.0 Å². The maximum absolute atomic E-state index is 12.9. The van der Waals surface area contributed by atoms with Gasteiger partial charge in [0.05, 0.1) is 35.9 Å². The molecule has 3 aromatic rings.